The number of aryl methyl sites for hydroxylation is 1. The summed E-state index contributed by atoms with van der Waals surface area (Å²) in [7, 11) is 0. The van der Waals surface area contributed by atoms with E-state index in [9.17, 15) is 0 Å². The van der Waals surface area contributed by atoms with Gasteiger partial charge >= 0.3 is 6.15 Å². The molecule has 0 radical (unpaired) electrons. The molecule has 84 valence electrons. The van der Waals surface area contributed by atoms with E-state index in [1.807, 2.05) is 0 Å². The monoisotopic (exact) mass is 218 g/mol. The summed E-state index contributed by atoms with van der Waals surface area (Å²) in [6.45, 7) is 5.82. The molecule has 3 nitrogen and oxygen atoms in total. The Labute approximate surface area is 94.7 Å². The lowest BCUT2D eigenvalue weighted by molar-refractivity contribution is -0.191. The summed E-state index contributed by atoms with van der Waals surface area (Å²) >= 11 is 0. The Morgan fingerprint density at radius 3 is 2.06 bits per heavy atom. The SMILES string of the molecule is CC1=C(c2ccc(C)cc2)COC1.O=C=O. The standard InChI is InChI=1S/C12H14O.CO2/c1-9-3-5-11(6-4-9)12-8-13-7-10(12)2;2-1-3/h3-6H,7-8H2,1-2H3;. The van der Waals surface area contributed by atoms with Gasteiger partial charge in [-0.05, 0) is 30.6 Å². The van der Waals surface area contributed by atoms with Gasteiger partial charge in [0.1, 0.15) is 0 Å². The van der Waals surface area contributed by atoms with Gasteiger partial charge in [0.05, 0.1) is 13.2 Å². The molecule has 1 aliphatic rings. The molecule has 0 saturated carbocycles. The minimum absolute atomic E-state index is 0.250. The highest BCUT2D eigenvalue weighted by Crippen LogP contribution is 2.24. The van der Waals surface area contributed by atoms with Crippen molar-refractivity contribution in [3.05, 3.63) is 41.0 Å². The van der Waals surface area contributed by atoms with Gasteiger partial charge in [-0.2, -0.15) is 9.59 Å². The van der Waals surface area contributed by atoms with Crippen molar-refractivity contribution in [2.45, 2.75) is 13.8 Å². The van der Waals surface area contributed by atoms with E-state index in [1.165, 1.54) is 22.3 Å². The molecule has 0 aromatic heterocycles. The first-order valence-electron chi connectivity index (χ1n) is 5.01. The van der Waals surface area contributed by atoms with Crippen molar-refractivity contribution < 1.29 is 14.3 Å². The lowest BCUT2D eigenvalue weighted by Crippen LogP contribution is -1.87. The predicted octanol–water partition coefficient (Wildman–Crippen LogP) is 2.22. The van der Waals surface area contributed by atoms with Crippen molar-refractivity contribution in [3.8, 4) is 0 Å². The zero-order valence-corrected chi connectivity index (χ0v) is 9.45. The van der Waals surface area contributed by atoms with Gasteiger partial charge in [0.2, 0.25) is 0 Å². The van der Waals surface area contributed by atoms with Gasteiger partial charge in [-0.1, -0.05) is 29.8 Å². The molecule has 1 heterocycles. The summed E-state index contributed by atoms with van der Waals surface area (Å²) in [6, 6.07) is 8.63. The molecule has 0 N–H and O–H groups in total. The molecular weight excluding hydrogens is 204 g/mol. The number of hydrogen-bond donors (Lipinski definition) is 0. The average Bonchev–Trinajstić information content (AvgIpc) is 2.67. The number of ether oxygens (including phenoxy) is 1. The van der Waals surface area contributed by atoms with Crippen molar-refractivity contribution >= 4 is 11.7 Å². The van der Waals surface area contributed by atoms with Crippen LogP contribution in [0.3, 0.4) is 0 Å². The fourth-order valence-corrected chi connectivity index (χ4v) is 1.60. The highest BCUT2D eigenvalue weighted by atomic mass is 16.5. The number of hydrogen-bond acceptors (Lipinski definition) is 3. The first-order valence-corrected chi connectivity index (χ1v) is 5.01. The quantitative estimate of drug-likeness (QED) is 0.725. The van der Waals surface area contributed by atoms with Crippen LogP contribution in [0.5, 0.6) is 0 Å². The molecule has 0 saturated heterocycles. The minimum Gasteiger partial charge on any atom is -0.372 e. The third-order valence-corrected chi connectivity index (χ3v) is 2.48. The van der Waals surface area contributed by atoms with Crippen molar-refractivity contribution in [1.82, 2.24) is 0 Å². The second-order valence-corrected chi connectivity index (χ2v) is 3.70. The molecule has 1 aromatic carbocycles. The molecule has 0 aliphatic carbocycles. The lowest BCUT2D eigenvalue weighted by atomic mass is 10.0. The van der Waals surface area contributed by atoms with E-state index >= 15 is 0 Å². The molecule has 0 atom stereocenters. The largest absolute Gasteiger partial charge is 0.373 e. The Bertz CT molecular complexity index is 409. The Morgan fingerprint density at radius 1 is 1.06 bits per heavy atom. The van der Waals surface area contributed by atoms with Crippen LogP contribution >= 0.6 is 0 Å². The zero-order valence-electron chi connectivity index (χ0n) is 9.45. The summed E-state index contributed by atoms with van der Waals surface area (Å²) in [5.41, 5.74) is 5.34. The van der Waals surface area contributed by atoms with Crippen LogP contribution in [0.25, 0.3) is 5.57 Å². The maximum atomic E-state index is 8.12. The molecule has 0 spiro atoms. The van der Waals surface area contributed by atoms with Crippen molar-refractivity contribution in [2.24, 2.45) is 0 Å². The average molecular weight is 218 g/mol. The van der Waals surface area contributed by atoms with Crippen LogP contribution in [0.4, 0.5) is 0 Å². The van der Waals surface area contributed by atoms with Crippen LogP contribution in [-0.4, -0.2) is 19.4 Å². The fraction of sp³-hybridized carbons (Fsp3) is 0.308. The maximum Gasteiger partial charge on any atom is 0.373 e. The Morgan fingerprint density at radius 2 is 1.62 bits per heavy atom. The van der Waals surface area contributed by atoms with E-state index in [2.05, 4.69) is 38.1 Å². The zero-order chi connectivity index (χ0) is 12.0. The summed E-state index contributed by atoms with van der Waals surface area (Å²) < 4.78 is 5.38. The molecular formula is C13H14O3. The Hall–Kier alpha value is -1.70. The summed E-state index contributed by atoms with van der Waals surface area (Å²) in [4.78, 5) is 16.2. The Balaban J connectivity index is 0.000000386. The van der Waals surface area contributed by atoms with Crippen molar-refractivity contribution in [3.63, 3.8) is 0 Å². The van der Waals surface area contributed by atoms with E-state index < -0.39 is 0 Å². The molecule has 1 aromatic rings. The molecule has 3 heteroatoms. The molecule has 0 amide bonds. The van der Waals surface area contributed by atoms with Gasteiger partial charge in [-0.3, -0.25) is 0 Å². The summed E-state index contributed by atoms with van der Waals surface area (Å²) in [5, 5.41) is 0. The molecule has 2 rings (SSSR count). The number of rotatable bonds is 1. The van der Waals surface area contributed by atoms with Crippen molar-refractivity contribution in [1.29, 1.82) is 0 Å². The van der Waals surface area contributed by atoms with E-state index in [1.54, 1.807) is 0 Å². The van der Waals surface area contributed by atoms with E-state index in [4.69, 9.17) is 14.3 Å². The first-order chi connectivity index (χ1) is 7.69. The third kappa shape index (κ3) is 3.16. The van der Waals surface area contributed by atoms with Crippen LogP contribution in [-0.2, 0) is 14.3 Å². The smallest absolute Gasteiger partial charge is 0.372 e. The van der Waals surface area contributed by atoms with Gasteiger partial charge in [-0.25, -0.2) is 0 Å². The van der Waals surface area contributed by atoms with Crippen LogP contribution in [0.15, 0.2) is 29.8 Å². The predicted molar refractivity (Wildman–Crippen MR) is 59.6 cm³/mol. The Kier molecular flexibility index (Phi) is 4.65. The second kappa shape index (κ2) is 6.01. The maximum absolute atomic E-state index is 8.12. The van der Waals surface area contributed by atoms with Gasteiger partial charge in [0, 0.05) is 0 Å². The molecule has 0 bridgehead atoms. The lowest BCUT2D eigenvalue weighted by Gasteiger charge is -2.02. The van der Waals surface area contributed by atoms with Gasteiger partial charge in [0.15, 0.2) is 0 Å². The van der Waals surface area contributed by atoms with Crippen molar-refractivity contribution in [2.75, 3.05) is 13.2 Å². The van der Waals surface area contributed by atoms with Crippen LogP contribution in [0, 0.1) is 6.92 Å². The van der Waals surface area contributed by atoms with E-state index in [-0.39, 0.29) is 6.15 Å². The van der Waals surface area contributed by atoms with Crippen LogP contribution < -0.4 is 0 Å². The van der Waals surface area contributed by atoms with Crippen LogP contribution in [0.2, 0.25) is 0 Å². The number of benzene rings is 1. The normalized spacial score (nSPS) is 14.1. The minimum atomic E-state index is 0.250. The number of carbonyl (C=O) groups excluding carboxylic acids is 2. The van der Waals surface area contributed by atoms with Gasteiger partial charge in [-0.15, -0.1) is 0 Å². The summed E-state index contributed by atoms with van der Waals surface area (Å²) in [6.07, 6.45) is 0.250. The van der Waals surface area contributed by atoms with Gasteiger partial charge < -0.3 is 4.74 Å². The molecule has 16 heavy (non-hydrogen) atoms. The topological polar surface area (TPSA) is 43.4 Å². The second-order valence-electron chi connectivity index (χ2n) is 3.70. The molecule has 0 fully saturated rings. The third-order valence-electron chi connectivity index (χ3n) is 2.48. The van der Waals surface area contributed by atoms with E-state index in [0.29, 0.717) is 0 Å². The van der Waals surface area contributed by atoms with Gasteiger partial charge in [0.25, 0.3) is 0 Å². The molecule has 0 unspecified atom stereocenters. The fourth-order valence-electron chi connectivity index (χ4n) is 1.60. The van der Waals surface area contributed by atoms with E-state index in [0.717, 1.165) is 13.2 Å². The first kappa shape index (κ1) is 12.4. The highest BCUT2D eigenvalue weighted by Gasteiger charge is 2.12. The van der Waals surface area contributed by atoms with Crippen LogP contribution in [0.1, 0.15) is 18.1 Å². The molecule has 1 aliphatic heterocycles. The highest BCUT2D eigenvalue weighted by molar-refractivity contribution is 5.70. The summed E-state index contributed by atoms with van der Waals surface area (Å²) in [5.74, 6) is 0.